The summed E-state index contributed by atoms with van der Waals surface area (Å²) in [5.41, 5.74) is 5.53. The smallest absolute Gasteiger partial charge is 0.410 e. The number of aryl methyl sites for hydroxylation is 3. The molecule has 1 aliphatic rings. The quantitative estimate of drug-likeness (QED) is 0.539. The lowest BCUT2D eigenvalue weighted by atomic mass is 10.1. The van der Waals surface area contributed by atoms with Gasteiger partial charge in [0.2, 0.25) is 0 Å². The number of aromatic nitrogens is 2. The van der Waals surface area contributed by atoms with Gasteiger partial charge in [0.25, 0.3) is 0 Å². The highest BCUT2D eigenvalue weighted by molar-refractivity contribution is 5.70. The fraction of sp³-hybridized carbons (Fsp3) is 0.370. The Hall–Kier alpha value is -3.25. The molecule has 0 aliphatic carbocycles. The third kappa shape index (κ3) is 6.86. The molecule has 0 bridgehead atoms. The summed E-state index contributed by atoms with van der Waals surface area (Å²) in [4.78, 5) is 25.8. The molecule has 3 heterocycles. The van der Waals surface area contributed by atoms with Gasteiger partial charge in [-0.05, 0) is 74.7 Å². The van der Waals surface area contributed by atoms with Crippen LogP contribution in [0.5, 0.6) is 5.75 Å². The maximum absolute atomic E-state index is 12.6. The molecule has 6 heteroatoms. The lowest BCUT2D eigenvalue weighted by molar-refractivity contribution is 0.110. The normalized spacial score (nSPS) is 14.3. The van der Waals surface area contributed by atoms with Crippen molar-refractivity contribution in [1.29, 1.82) is 0 Å². The van der Waals surface area contributed by atoms with E-state index in [1.807, 2.05) is 55.6 Å². The van der Waals surface area contributed by atoms with Gasteiger partial charge in [-0.1, -0.05) is 24.3 Å². The number of carbonyl (C=O) groups excluding carboxylic acids is 1. The maximum Gasteiger partial charge on any atom is 0.415 e. The second kappa shape index (κ2) is 11.1. The lowest BCUT2D eigenvalue weighted by Crippen LogP contribution is -2.49. The van der Waals surface area contributed by atoms with Crippen LogP contribution in [0.1, 0.15) is 34.6 Å². The first-order valence-corrected chi connectivity index (χ1v) is 11.7. The molecule has 3 aromatic rings. The van der Waals surface area contributed by atoms with Gasteiger partial charge in [0.15, 0.2) is 0 Å². The molecule has 2 aromatic heterocycles. The van der Waals surface area contributed by atoms with Crippen LogP contribution in [0, 0.1) is 13.8 Å². The SMILES string of the molecule is Cc1ccc(CCCN2CCN(C(=O)Oc3ccc(Cc4cccc(C)n4)cc3)CC2)nc1. The minimum Gasteiger partial charge on any atom is -0.410 e. The zero-order chi connectivity index (χ0) is 23.0. The maximum atomic E-state index is 12.6. The number of rotatable bonds is 7. The average Bonchev–Trinajstić information content (AvgIpc) is 2.82. The van der Waals surface area contributed by atoms with Crippen molar-refractivity contribution in [2.75, 3.05) is 32.7 Å². The number of amides is 1. The van der Waals surface area contributed by atoms with E-state index in [9.17, 15) is 4.79 Å². The molecule has 0 spiro atoms. The molecule has 0 radical (unpaired) electrons. The van der Waals surface area contributed by atoms with Crippen molar-refractivity contribution in [2.24, 2.45) is 0 Å². The highest BCUT2D eigenvalue weighted by atomic mass is 16.6. The highest BCUT2D eigenvalue weighted by Gasteiger charge is 2.22. The van der Waals surface area contributed by atoms with Crippen molar-refractivity contribution in [3.05, 3.63) is 89.0 Å². The van der Waals surface area contributed by atoms with Crippen LogP contribution in [-0.4, -0.2) is 58.6 Å². The van der Waals surface area contributed by atoms with E-state index in [0.29, 0.717) is 18.8 Å². The van der Waals surface area contributed by atoms with Crippen LogP contribution < -0.4 is 4.74 Å². The van der Waals surface area contributed by atoms with Gasteiger partial charge in [-0.2, -0.15) is 0 Å². The fourth-order valence-corrected chi connectivity index (χ4v) is 4.03. The first-order chi connectivity index (χ1) is 16.0. The van der Waals surface area contributed by atoms with E-state index in [2.05, 4.69) is 33.9 Å². The summed E-state index contributed by atoms with van der Waals surface area (Å²) in [5.74, 6) is 0.578. The molecule has 6 nitrogen and oxygen atoms in total. The van der Waals surface area contributed by atoms with E-state index in [4.69, 9.17) is 4.74 Å². The summed E-state index contributed by atoms with van der Waals surface area (Å²) >= 11 is 0. The number of nitrogens with zero attached hydrogens (tertiary/aromatic N) is 4. The zero-order valence-electron chi connectivity index (χ0n) is 19.5. The zero-order valence-corrected chi connectivity index (χ0v) is 19.5. The van der Waals surface area contributed by atoms with Crippen LogP contribution in [-0.2, 0) is 12.8 Å². The van der Waals surface area contributed by atoms with Crippen LogP contribution in [0.3, 0.4) is 0 Å². The van der Waals surface area contributed by atoms with Crippen LogP contribution in [0.2, 0.25) is 0 Å². The van der Waals surface area contributed by atoms with E-state index in [1.54, 1.807) is 4.90 Å². The topological polar surface area (TPSA) is 58.6 Å². The van der Waals surface area contributed by atoms with Crippen LogP contribution >= 0.6 is 0 Å². The van der Waals surface area contributed by atoms with E-state index in [1.165, 1.54) is 5.56 Å². The van der Waals surface area contributed by atoms with E-state index < -0.39 is 0 Å². The van der Waals surface area contributed by atoms with Gasteiger partial charge in [0.1, 0.15) is 5.75 Å². The van der Waals surface area contributed by atoms with Crippen molar-refractivity contribution in [3.8, 4) is 5.75 Å². The standard InChI is InChI=1S/C27H32N4O2/c1-21-8-11-24(28-20-21)7-4-14-30-15-17-31(18-16-30)27(32)33-26-12-9-23(10-13-26)19-25-6-3-5-22(2)29-25/h3,5-6,8-13,20H,4,7,14-19H2,1-2H3. The molecule has 0 N–H and O–H groups in total. The summed E-state index contributed by atoms with van der Waals surface area (Å²) < 4.78 is 5.61. The minimum atomic E-state index is -0.272. The number of hydrogen-bond acceptors (Lipinski definition) is 5. The molecule has 172 valence electrons. The predicted molar refractivity (Wildman–Crippen MR) is 130 cm³/mol. The molecule has 0 saturated carbocycles. The number of hydrogen-bond donors (Lipinski definition) is 0. The third-order valence-electron chi connectivity index (χ3n) is 5.97. The lowest BCUT2D eigenvalue weighted by Gasteiger charge is -2.34. The predicted octanol–water partition coefficient (Wildman–Crippen LogP) is 4.43. The summed E-state index contributed by atoms with van der Waals surface area (Å²) in [6.07, 6.45) is 4.47. The second-order valence-electron chi connectivity index (χ2n) is 8.72. The van der Waals surface area contributed by atoms with Crippen LogP contribution in [0.15, 0.2) is 60.8 Å². The first kappa shape index (κ1) is 22.9. The van der Waals surface area contributed by atoms with Crippen LogP contribution in [0.4, 0.5) is 4.79 Å². The molecule has 33 heavy (non-hydrogen) atoms. The molecule has 0 atom stereocenters. The number of pyridine rings is 2. The second-order valence-corrected chi connectivity index (χ2v) is 8.72. The van der Waals surface area contributed by atoms with Crippen LogP contribution in [0.25, 0.3) is 0 Å². The Labute approximate surface area is 196 Å². The Morgan fingerprint density at radius 2 is 1.73 bits per heavy atom. The molecule has 1 amide bonds. The molecule has 0 unspecified atom stereocenters. The fourth-order valence-electron chi connectivity index (χ4n) is 4.03. The number of carbonyl (C=O) groups is 1. The van der Waals surface area contributed by atoms with Gasteiger partial charge in [-0.25, -0.2) is 4.79 Å². The van der Waals surface area contributed by atoms with Gasteiger partial charge in [-0.15, -0.1) is 0 Å². The Bertz CT molecular complexity index is 1040. The average molecular weight is 445 g/mol. The summed E-state index contributed by atoms with van der Waals surface area (Å²) in [7, 11) is 0. The molecule has 1 fully saturated rings. The molecule has 1 aromatic carbocycles. The number of piperazine rings is 1. The minimum absolute atomic E-state index is 0.272. The Morgan fingerprint density at radius 1 is 0.939 bits per heavy atom. The largest absolute Gasteiger partial charge is 0.415 e. The van der Waals surface area contributed by atoms with Gasteiger partial charge < -0.3 is 9.64 Å². The first-order valence-electron chi connectivity index (χ1n) is 11.7. The van der Waals surface area contributed by atoms with Crippen molar-refractivity contribution in [1.82, 2.24) is 19.8 Å². The molecule has 4 rings (SSSR count). The summed E-state index contributed by atoms with van der Waals surface area (Å²) in [5, 5.41) is 0. The molecular formula is C27H32N4O2. The van der Waals surface area contributed by atoms with Gasteiger partial charge >= 0.3 is 6.09 Å². The molecule has 1 saturated heterocycles. The van der Waals surface area contributed by atoms with E-state index >= 15 is 0 Å². The van der Waals surface area contributed by atoms with E-state index in [0.717, 1.165) is 61.5 Å². The Balaban J connectivity index is 1.18. The number of ether oxygens (including phenoxy) is 1. The summed E-state index contributed by atoms with van der Waals surface area (Å²) in [6.45, 7) is 8.21. The molecular weight excluding hydrogens is 412 g/mol. The van der Waals surface area contributed by atoms with Crippen molar-refractivity contribution < 1.29 is 9.53 Å². The summed E-state index contributed by atoms with van der Waals surface area (Å²) in [6, 6.07) is 18.0. The molecule has 1 aliphatic heterocycles. The Morgan fingerprint density at radius 3 is 2.42 bits per heavy atom. The third-order valence-corrected chi connectivity index (χ3v) is 5.97. The van der Waals surface area contributed by atoms with Gasteiger partial charge in [-0.3, -0.25) is 14.9 Å². The highest BCUT2D eigenvalue weighted by Crippen LogP contribution is 2.16. The van der Waals surface area contributed by atoms with Gasteiger partial charge in [0.05, 0.1) is 0 Å². The van der Waals surface area contributed by atoms with Gasteiger partial charge in [0, 0.05) is 55.9 Å². The Kier molecular flexibility index (Phi) is 7.68. The van der Waals surface area contributed by atoms with Crippen molar-refractivity contribution in [3.63, 3.8) is 0 Å². The number of benzene rings is 1. The monoisotopic (exact) mass is 444 g/mol. The van der Waals surface area contributed by atoms with Crippen molar-refractivity contribution in [2.45, 2.75) is 33.1 Å². The van der Waals surface area contributed by atoms with E-state index in [-0.39, 0.29) is 6.09 Å². The van der Waals surface area contributed by atoms with Crippen molar-refractivity contribution >= 4 is 6.09 Å².